The van der Waals surface area contributed by atoms with E-state index >= 15 is 0 Å². The Morgan fingerprint density at radius 2 is 2.05 bits per heavy atom. The van der Waals surface area contributed by atoms with E-state index in [1.54, 1.807) is 24.3 Å². The van der Waals surface area contributed by atoms with Crippen LogP contribution in [0.2, 0.25) is 0 Å². The van der Waals surface area contributed by atoms with Gasteiger partial charge in [0.25, 0.3) is 12.3 Å². The Hall–Kier alpha value is -2.28. The summed E-state index contributed by atoms with van der Waals surface area (Å²) in [6, 6.07) is 7.70. The number of nitrogens with zero attached hydrogens (tertiary/aromatic N) is 1. The number of pyridine rings is 1. The number of carbonyl (C=O) groups excluding carboxylic acids is 1. The van der Waals surface area contributed by atoms with Crippen molar-refractivity contribution in [2.75, 3.05) is 19.7 Å². The number of H-pyrrole nitrogens is 1. The third kappa shape index (κ3) is 3.43. The number of aliphatic hydroxyl groups excluding tert-OH is 1. The number of alkyl halides is 2. The highest BCUT2D eigenvalue weighted by atomic mass is 19.3. The van der Waals surface area contributed by atoms with Crippen molar-refractivity contribution in [1.82, 2.24) is 9.88 Å². The standard InChI is InChI=1S/C14H14F2N2O3/c15-12(16)8-18(5-6-19)14(21)10-7-13(20)17-11-4-2-1-3-9(10)11/h1-4,7,12,19H,5-6,8H2,(H,17,20). The number of para-hydroxylation sites is 1. The summed E-state index contributed by atoms with van der Waals surface area (Å²) in [5.74, 6) is -0.702. The average molecular weight is 296 g/mol. The van der Waals surface area contributed by atoms with E-state index < -0.39 is 31.0 Å². The second-order valence-electron chi connectivity index (χ2n) is 4.46. The Labute approximate surface area is 118 Å². The Bertz CT molecular complexity index is 700. The number of amides is 1. The summed E-state index contributed by atoms with van der Waals surface area (Å²) in [6.45, 7) is -1.44. The van der Waals surface area contributed by atoms with E-state index in [0.29, 0.717) is 10.9 Å². The molecule has 2 aromatic rings. The van der Waals surface area contributed by atoms with Crippen molar-refractivity contribution in [3.8, 4) is 0 Å². The molecule has 0 bridgehead atoms. The molecule has 0 saturated heterocycles. The molecule has 0 aliphatic carbocycles. The smallest absolute Gasteiger partial charge is 0.255 e. The van der Waals surface area contributed by atoms with E-state index in [0.717, 1.165) is 11.0 Å². The monoisotopic (exact) mass is 296 g/mol. The predicted molar refractivity (Wildman–Crippen MR) is 73.6 cm³/mol. The highest BCUT2D eigenvalue weighted by molar-refractivity contribution is 6.05. The number of benzene rings is 1. The van der Waals surface area contributed by atoms with Crippen LogP contribution in [-0.4, -0.2) is 47.0 Å². The maximum Gasteiger partial charge on any atom is 0.255 e. The fourth-order valence-corrected chi connectivity index (χ4v) is 2.11. The number of fused-ring (bicyclic) bond motifs is 1. The zero-order valence-corrected chi connectivity index (χ0v) is 11.1. The fraction of sp³-hybridized carbons (Fsp3) is 0.286. The zero-order valence-electron chi connectivity index (χ0n) is 11.1. The summed E-state index contributed by atoms with van der Waals surface area (Å²) in [6.07, 6.45) is -2.71. The van der Waals surface area contributed by atoms with Crippen molar-refractivity contribution in [3.05, 3.63) is 46.2 Å². The lowest BCUT2D eigenvalue weighted by Gasteiger charge is -2.21. The number of nitrogens with one attached hydrogen (secondary N) is 1. The van der Waals surface area contributed by atoms with Gasteiger partial charge in [-0.1, -0.05) is 18.2 Å². The van der Waals surface area contributed by atoms with E-state index in [1.165, 1.54) is 0 Å². The van der Waals surface area contributed by atoms with Crippen molar-refractivity contribution in [3.63, 3.8) is 0 Å². The minimum absolute atomic E-state index is 0.0449. The molecule has 21 heavy (non-hydrogen) atoms. The average Bonchev–Trinajstić information content (AvgIpc) is 2.44. The molecule has 7 heteroatoms. The molecule has 0 unspecified atom stereocenters. The van der Waals surface area contributed by atoms with E-state index in [1.807, 2.05) is 0 Å². The summed E-state index contributed by atoms with van der Waals surface area (Å²) >= 11 is 0. The van der Waals surface area contributed by atoms with E-state index in [4.69, 9.17) is 5.11 Å². The molecule has 1 aromatic carbocycles. The van der Waals surface area contributed by atoms with Crippen molar-refractivity contribution in [2.24, 2.45) is 0 Å². The molecule has 0 radical (unpaired) electrons. The predicted octanol–water partition coefficient (Wildman–Crippen LogP) is 1.23. The molecule has 5 nitrogen and oxygen atoms in total. The Kier molecular flexibility index (Phi) is 4.64. The van der Waals surface area contributed by atoms with E-state index in [9.17, 15) is 18.4 Å². The number of hydrogen-bond donors (Lipinski definition) is 2. The molecule has 0 aliphatic heterocycles. The van der Waals surface area contributed by atoms with E-state index in [-0.39, 0.29) is 12.1 Å². The van der Waals surface area contributed by atoms with Crippen LogP contribution < -0.4 is 5.56 Å². The first-order chi connectivity index (χ1) is 10.0. The van der Waals surface area contributed by atoms with Crippen molar-refractivity contribution >= 4 is 16.8 Å². The molecule has 2 rings (SSSR count). The van der Waals surface area contributed by atoms with Gasteiger partial charge in [-0.05, 0) is 6.07 Å². The molecular weight excluding hydrogens is 282 g/mol. The largest absolute Gasteiger partial charge is 0.395 e. The van der Waals surface area contributed by atoms with Gasteiger partial charge in [-0.2, -0.15) is 0 Å². The van der Waals surface area contributed by atoms with Gasteiger partial charge in [-0.25, -0.2) is 8.78 Å². The topological polar surface area (TPSA) is 73.4 Å². The molecule has 0 fully saturated rings. The minimum atomic E-state index is -2.71. The van der Waals surface area contributed by atoms with Crippen LogP contribution in [0.15, 0.2) is 35.1 Å². The first-order valence-corrected chi connectivity index (χ1v) is 6.33. The molecule has 112 valence electrons. The van der Waals surface area contributed by atoms with Crippen LogP contribution in [-0.2, 0) is 0 Å². The van der Waals surface area contributed by atoms with Gasteiger partial charge < -0.3 is 15.0 Å². The first-order valence-electron chi connectivity index (χ1n) is 6.33. The van der Waals surface area contributed by atoms with Crippen molar-refractivity contribution in [1.29, 1.82) is 0 Å². The molecule has 0 atom stereocenters. The number of aromatic amines is 1. The van der Waals surface area contributed by atoms with Gasteiger partial charge in [0.1, 0.15) is 0 Å². The summed E-state index contributed by atoms with van der Waals surface area (Å²) in [5.41, 5.74) is 0.0100. The fourth-order valence-electron chi connectivity index (χ4n) is 2.11. The molecular formula is C14H14F2N2O3. The van der Waals surface area contributed by atoms with Crippen LogP contribution in [0, 0.1) is 0 Å². The Balaban J connectivity index is 2.48. The minimum Gasteiger partial charge on any atom is -0.395 e. The Morgan fingerprint density at radius 3 is 2.71 bits per heavy atom. The quantitative estimate of drug-likeness (QED) is 0.871. The molecule has 0 aliphatic rings. The second-order valence-corrected chi connectivity index (χ2v) is 4.46. The maximum absolute atomic E-state index is 12.5. The van der Waals surface area contributed by atoms with Gasteiger partial charge >= 0.3 is 0 Å². The summed E-state index contributed by atoms with van der Waals surface area (Å²) in [5, 5.41) is 9.38. The lowest BCUT2D eigenvalue weighted by molar-refractivity contribution is 0.0510. The lowest BCUT2D eigenvalue weighted by atomic mass is 10.1. The third-order valence-electron chi connectivity index (χ3n) is 3.00. The lowest BCUT2D eigenvalue weighted by Crippen LogP contribution is -2.37. The van der Waals surface area contributed by atoms with Gasteiger partial charge in [0, 0.05) is 23.5 Å². The molecule has 1 aromatic heterocycles. The molecule has 1 heterocycles. The zero-order chi connectivity index (χ0) is 15.4. The summed E-state index contributed by atoms with van der Waals surface area (Å²) < 4.78 is 25.1. The number of rotatable bonds is 5. The van der Waals surface area contributed by atoms with Crippen LogP contribution in [0.1, 0.15) is 10.4 Å². The van der Waals surface area contributed by atoms with Gasteiger partial charge in [0.2, 0.25) is 5.56 Å². The number of carbonyl (C=O) groups is 1. The number of aliphatic hydroxyl groups is 1. The summed E-state index contributed by atoms with van der Waals surface area (Å²) in [7, 11) is 0. The molecule has 0 spiro atoms. The Morgan fingerprint density at radius 1 is 1.33 bits per heavy atom. The van der Waals surface area contributed by atoms with Gasteiger partial charge in [-0.15, -0.1) is 0 Å². The van der Waals surface area contributed by atoms with Crippen LogP contribution in [0.3, 0.4) is 0 Å². The normalized spacial score (nSPS) is 11.0. The van der Waals surface area contributed by atoms with Crippen LogP contribution in [0.25, 0.3) is 10.9 Å². The van der Waals surface area contributed by atoms with Crippen molar-refractivity contribution in [2.45, 2.75) is 6.43 Å². The van der Waals surface area contributed by atoms with Crippen LogP contribution in [0.4, 0.5) is 8.78 Å². The number of aromatic nitrogens is 1. The van der Waals surface area contributed by atoms with Crippen LogP contribution in [0.5, 0.6) is 0 Å². The third-order valence-corrected chi connectivity index (χ3v) is 3.00. The van der Waals surface area contributed by atoms with Gasteiger partial charge in [0.15, 0.2) is 0 Å². The van der Waals surface area contributed by atoms with Crippen molar-refractivity contribution < 1.29 is 18.7 Å². The highest BCUT2D eigenvalue weighted by Crippen LogP contribution is 2.17. The first kappa shape index (κ1) is 15.1. The second kappa shape index (κ2) is 6.45. The molecule has 1 amide bonds. The summed E-state index contributed by atoms with van der Waals surface area (Å²) in [4.78, 5) is 27.4. The number of hydrogen-bond acceptors (Lipinski definition) is 3. The SMILES string of the molecule is O=C(c1cc(=O)[nH]c2ccccc12)N(CCO)CC(F)F. The number of halogens is 2. The van der Waals surface area contributed by atoms with Gasteiger partial charge in [0.05, 0.1) is 18.7 Å². The maximum atomic E-state index is 12.5. The molecule has 0 saturated carbocycles. The van der Waals surface area contributed by atoms with E-state index in [2.05, 4.69) is 4.98 Å². The van der Waals surface area contributed by atoms with Crippen LogP contribution >= 0.6 is 0 Å². The highest BCUT2D eigenvalue weighted by Gasteiger charge is 2.21. The molecule has 2 N–H and O–H groups in total. The van der Waals surface area contributed by atoms with Gasteiger partial charge in [-0.3, -0.25) is 9.59 Å².